The largest absolute Gasteiger partial charge is 0.372 e. The number of nitrogens with two attached hydrogens (primary N) is 1. The second-order valence-electron chi connectivity index (χ2n) is 10.5. The van der Waals surface area contributed by atoms with Crippen LogP contribution < -0.4 is 26.2 Å². The Bertz CT molecular complexity index is 1410. The molecule has 5 rings (SSSR count). The number of amides is 4. The van der Waals surface area contributed by atoms with Crippen molar-refractivity contribution in [3.05, 3.63) is 89.5 Å². The van der Waals surface area contributed by atoms with Gasteiger partial charge in [0, 0.05) is 69.0 Å². The number of rotatable bonds is 9. The van der Waals surface area contributed by atoms with E-state index < -0.39 is 0 Å². The Morgan fingerprint density at radius 3 is 2.14 bits per heavy atom. The van der Waals surface area contributed by atoms with Gasteiger partial charge in [0.25, 0.3) is 11.8 Å². The van der Waals surface area contributed by atoms with Gasteiger partial charge in [-0.2, -0.15) is 0 Å². The third-order valence-corrected chi connectivity index (χ3v) is 7.68. The number of hydrogen-bond donors (Lipinski definition) is 3. The van der Waals surface area contributed by atoms with Crippen molar-refractivity contribution in [3.8, 4) is 0 Å². The predicted octanol–water partition coefficient (Wildman–Crippen LogP) is 3.42. The van der Waals surface area contributed by atoms with Crippen molar-refractivity contribution >= 4 is 41.2 Å². The van der Waals surface area contributed by atoms with Crippen molar-refractivity contribution in [1.82, 2.24) is 10.2 Å². The van der Waals surface area contributed by atoms with Crippen molar-refractivity contribution in [2.45, 2.75) is 26.2 Å². The minimum atomic E-state index is -0.215. The molecule has 226 valence electrons. The van der Waals surface area contributed by atoms with Gasteiger partial charge in [0.1, 0.15) is 0 Å². The van der Waals surface area contributed by atoms with Gasteiger partial charge >= 0.3 is 0 Å². The summed E-state index contributed by atoms with van der Waals surface area (Å²) in [4.78, 5) is 53.0. The van der Waals surface area contributed by atoms with Gasteiger partial charge in [0.2, 0.25) is 12.3 Å². The monoisotopic (exact) mass is 584 g/mol. The first-order valence-electron chi connectivity index (χ1n) is 14.7. The normalized spacial score (nSPS) is 14.5. The standard InChI is InChI=1S/C32H37N5O3.CH3NO/c1-24-9-5-6-12-28(24)35-19-21-36(22-20-35)29-15-14-26(23-27(29)34-32(40)25-10-3-2-4-11-25)31(39)33-16-8-18-37-17-7-13-30(37)38;2-1-3/h2-6,9-12,14-15,23H,7-8,13,16-22H2,1H3,(H,33,39)(H,34,40);1H,(H2,2,3). The summed E-state index contributed by atoms with van der Waals surface area (Å²) in [7, 11) is 0. The Kier molecular flexibility index (Phi) is 11.1. The topological polar surface area (TPSA) is 128 Å². The number of carbonyl (C=O) groups excluding carboxylic acids is 4. The molecule has 3 aromatic carbocycles. The number of hydrogen-bond acceptors (Lipinski definition) is 6. The van der Waals surface area contributed by atoms with Crippen LogP contribution in [0.15, 0.2) is 72.8 Å². The molecule has 0 aromatic heterocycles. The SMILES string of the molecule is Cc1ccccc1N1CCN(c2ccc(C(=O)NCCCN3CCCC3=O)cc2NC(=O)c2ccccc2)CC1.NC=O. The Morgan fingerprint density at radius 2 is 1.49 bits per heavy atom. The molecule has 0 saturated carbocycles. The average Bonchev–Trinajstić information content (AvgIpc) is 3.44. The first-order valence-corrected chi connectivity index (χ1v) is 14.7. The summed E-state index contributed by atoms with van der Waals surface area (Å²) in [6.07, 6.45) is 2.49. The summed E-state index contributed by atoms with van der Waals surface area (Å²) in [5.74, 6) is -0.215. The Hall–Kier alpha value is -4.86. The van der Waals surface area contributed by atoms with Crippen LogP contribution in [0.3, 0.4) is 0 Å². The van der Waals surface area contributed by atoms with E-state index in [1.807, 2.05) is 35.2 Å². The fraction of sp³-hybridized carbons (Fsp3) is 0.333. The fourth-order valence-electron chi connectivity index (χ4n) is 5.46. The van der Waals surface area contributed by atoms with Crippen LogP contribution in [0.2, 0.25) is 0 Å². The van der Waals surface area contributed by atoms with Gasteiger partial charge in [-0.05, 0) is 61.7 Å². The molecular formula is C33H40N6O4. The maximum Gasteiger partial charge on any atom is 0.255 e. The highest BCUT2D eigenvalue weighted by Gasteiger charge is 2.23. The lowest BCUT2D eigenvalue weighted by Crippen LogP contribution is -2.47. The van der Waals surface area contributed by atoms with Crippen LogP contribution in [-0.2, 0) is 9.59 Å². The van der Waals surface area contributed by atoms with Gasteiger partial charge in [-0.15, -0.1) is 0 Å². The fourth-order valence-corrected chi connectivity index (χ4v) is 5.46. The van der Waals surface area contributed by atoms with E-state index in [0.29, 0.717) is 42.7 Å². The second-order valence-corrected chi connectivity index (χ2v) is 10.5. The Labute approximate surface area is 252 Å². The lowest BCUT2D eigenvalue weighted by atomic mass is 10.1. The Balaban J connectivity index is 0.00000135. The first-order chi connectivity index (χ1) is 20.9. The molecule has 0 spiro atoms. The summed E-state index contributed by atoms with van der Waals surface area (Å²) in [6.45, 7) is 7.39. The number of primary amides is 1. The zero-order chi connectivity index (χ0) is 30.6. The number of likely N-dealkylation sites (tertiary alicyclic amines) is 1. The lowest BCUT2D eigenvalue weighted by molar-refractivity contribution is -0.127. The number of para-hydroxylation sites is 1. The van der Waals surface area contributed by atoms with Gasteiger partial charge in [-0.1, -0.05) is 36.4 Å². The zero-order valence-corrected chi connectivity index (χ0v) is 24.6. The van der Waals surface area contributed by atoms with E-state index in [1.165, 1.54) is 11.3 Å². The molecule has 2 saturated heterocycles. The van der Waals surface area contributed by atoms with Gasteiger partial charge in [-0.3, -0.25) is 19.2 Å². The van der Waals surface area contributed by atoms with Gasteiger partial charge in [-0.25, -0.2) is 0 Å². The number of carbonyl (C=O) groups is 4. The summed E-state index contributed by atoms with van der Waals surface area (Å²) < 4.78 is 0. The molecule has 0 radical (unpaired) electrons. The number of nitrogens with zero attached hydrogens (tertiary/aromatic N) is 3. The van der Waals surface area contributed by atoms with Crippen LogP contribution in [-0.4, -0.2) is 74.8 Å². The van der Waals surface area contributed by atoms with Crippen molar-refractivity contribution in [2.75, 3.05) is 60.9 Å². The molecule has 0 atom stereocenters. The third-order valence-electron chi connectivity index (χ3n) is 7.68. The first kappa shape index (κ1) is 31.1. The molecule has 3 aromatic rings. The van der Waals surface area contributed by atoms with Gasteiger partial charge in [0.15, 0.2) is 0 Å². The molecule has 0 unspecified atom stereocenters. The van der Waals surface area contributed by atoms with Crippen molar-refractivity contribution in [3.63, 3.8) is 0 Å². The van der Waals surface area contributed by atoms with Crippen LogP contribution in [0.25, 0.3) is 0 Å². The van der Waals surface area contributed by atoms with Crippen LogP contribution in [0.4, 0.5) is 17.1 Å². The summed E-state index contributed by atoms with van der Waals surface area (Å²) >= 11 is 0. The van der Waals surface area contributed by atoms with Crippen LogP contribution >= 0.6 is 0 Å². The highest BCUT2D eigenvalue weighted by atomic mass is 16.2. The summed E-state index contributed by atoms with van der Waals surface area (Å²) in [6, 6.07) is 23.0. The molecule has 10 heteroatoms. The Morgan fingerprint density at radius 1 is 0.837 bits per heavy atom. The summed E-state index contributed by atoms with van der Waals surface area (Å²) in [5.41, 5.74) is 9.24. The molecule has 43 heavy (non-hydrogen) atoms. The zero-order valence-electron chi connectivity index (χ0n) is 24.6. The highest BCUT2D eigenvalue weighted by Crippen LogP contribution is 2.30. The molecule has 2 heterocycles. The van der Waals surface area contributed by atoms with Crippen molar-refractivity contribution in [1.29, 1.82) is 0 Å². The van der Waals surface area contributed by atoms with E-state index in [-0.39, 0.29) is 24.1 Å². The molecule has 4 N–H and O–H groups in total. The minimum absolute atomic E-state index is 0.195. The second kappa shape index (κ2) is 15.4. The molecule has 2 aliphatic rings. The quantitative estimate of drug-likeness (QED) is 0.261. The van der Waals surface area contributed by atoms with Crippen molar-refractivity contribution < 1.29 is 19.2 Å². The molecular weight excluding hydrogens is 544 g/mol. The average molecular weight is 585 g/mol. The maximum absolute atomic E-state index is 13.1. The maximum atomic E-state index is 13.1. The van der Waals surface area contributed by atoms with E-state index in [0.717, 1.165) is 44.8 Å². The van der Waals surface area contributed by atoms with E-state index in [2.05, 4.69) is 57.4 Å². The molecule has 0 aliphatic carbocycles. The molecule has 4 amide bonds. The van der Waals surface area contributed by atoms with Crippen LogP contribution in [0.1, 0.15) is 45.5 Å². The smallest absolute Gasteiger partial charge is 0.255 e. The van der Waals surface area contributed by atoms with E-state index in [1.54, 1.807) is 18.2 Å². The molecule has 0 bridgehead atoms. The highest BCUT2D eigenvalue weighted by molar-refractivity contribution is 6.07. The third kappa shape index (κ3) is 8.34. The predicted molar refractivity (Wildman–Crippen MR) is 169 cm³/mol. The van der Waals surface area contributed by atoms with Crippen LogP contribution in [0, 0.1) is 6.92 Å². The van der Waals surface area contributed by atoms with Gasteiger partial charge in [0.05, 0.1) is 11.4 Å². The molecule has 2 fully saturated rings. The number of piperazine rings is 1. The lowest BCUT2D eigenvalue weighted by Gasteiger charge is -2.38. The van der Waals surface area contributed by atoms with E-state index >= 15 is 0 Å². The molecule has 10 nitrogen and oxygen atoms in total. The number of anilines is 3. The van der Waals surface area contributed by atoms with E-state index in [4.69, 9.17) is 4.79 Å². The molecule has 2 aliphatic heterocycles. The van der Waals surface area contributed by atoms with Crippen molar-refractivity contribution in [2.24, 2.45) is 5.73 Å². The van der Waals surface area contributed by atoms with Gasteiger partial charge < -0.3 is 31.1 Å². The van der Waals surface area contributed by atoms with Crippen LogP contribution in [0.5, 0.6) is 0 Å². The number of aryl methyl sites for hydroxylation is 1. The summed E-state index contributed by atoms with van der Waals surface area (Å²) in [5, 5.41) is 6.03. The number of nitrogens with one attached hydrogen (secondary N) is 2. The van der Waals surface area contributed by atoms with E-state index in [9.17, 15) is 14.4 Å². The number of benzene rings is 3. The minimum Gasteiger partial charge on any atom is -0.372 e.